The van der Waals surface area contributed by atoms with Gasteiger partial charge in [0.05, 0.1) is 7.11 Å². The summed E-state index contributed by atoms with van der Waals surface area (Å²) in [4.78, 5) is 11.3. The Hall–Kier alpha value is -1.81. The molecule has 0 heterocycles. The number of hydrazine groups is 1. The van der Waals surface area contributed by atoms with E-state index in [2.05, 4.69) is 5.43 Å². The highest BCUT2D eigenvalue weighted by atomic mass is 16.5. The predicted octanol–water partition coefficient (Wildman–Crippen LogP) is 1.48. The summed E-state index contributed by atoms with van der Waals surface area (Å²) < 4.78 is 5.05. The van der Waals surface area contributed by atoms with Crippen molar-refractivity contribution in [1.82, 2.24) is 5.43 Å². The molecule has 3 N–H and O–H groups in total. The second-order valence-electron chi connectivity index (χ2n) is 3.27. The Morgan fingerprint density at radius 1 is 1.44 bits per heavy atom. The molecule has 0 aliphatic carbocycles. The van der Waals surface area contributed by atoms with Crippen molar-refractivity contribution >= 4 is 12.0 Å². The van der Waals surface area contributed by atoms with Crippen LogP contribution in [-0.4, -0.2) is 13.0 Å². The lowest BCUT2D eigenvalue weighted by Gasteiger charge is -2.03. The number of carbonyl (C=O) groups is 1. The van der Waals surface area contributed by atoms with Gasteiger partial charge in [0.15, 0.2) is 0 Å². The molecule has 1 aromatic carbocycles. The van der Waals surface area contributed by atoms with E-state index in [0.29, 0.717) is 12.0 Å². The van der Waals surface area contributed by atoms with Crippen molar-refractivity contribution in [3.63, 3.8) is 0 Å². The normalized spacial score (nSPS) is 11.1. The lowest BCUT2D eigenvalue weighted by atomic mass is 10.1. The molecule has 0 fully saturated rings. The Labute approximate surface area is 95.1 Å². The highest BCUT2D eigenvalue weighted by molar-refractivity contribution is 5.97. The van der Waals surface area contributed by atoms with Gasteiger partial charge in [0, 0.05) is 5.57 Å². The Morgan fingerprint density at radius 3 is 2.50 bits per heavy atom. The number of carbonyl (C=O) groups excluding carboxylic acids is 1. The first-order valence-electron chi connectivity index (χ1n) is 5.06. The van der Waals surface area contributed by atoms with Crippen molar-refractivity contribution < 1.29 is 9.53 Å². The van der Waals surface area contributed by atoms with Gasteiger partial charge in [-0.15, -0.1) is 0 Å². The van der Waals surface area contributed by atoms with E-state index in [1.807, 2.05) is 37.3 Å². The summed E-state index contributed by atoms with van der Waals surface area (Å²) in [6.07, 6.45) is 2.44. The first kappa shape index (κ1) is 12.3. The van der Waals surface area contributed by atoms with E-state index in [1.54, 1.807) is 7.11 Å². The van der Waals surface area contributed by atoms with Crippen LogP contribution in [0.15, 0.2) is 29.8 Å². The number of ether oxygens (including phenoxy) is 1. The molecule has 86 valence electrons. The summed E-state index contributed by atoms with van der Waals surface area (Å²) in [5, 5.41) is 0. The summed E-state index contributed by atoms with van der Waals surface area (Å²) in [5.41, 5.74) is 3.72. The fourth-order valence-corrected chi connectivity index (χ4v) is 1.32. The van der Waals surface area contributed by atoms with Crippen LogP contribution in [0.5, 0.6) is 5.75 Å². The van der Waals surface area contributed by atoms with Crippen molar-refractivity contribution in [2.75, 3.05) is 7.11 Å². The van der Waals surface area contributed by atoms with Crippen LogP contribution in [0.3, 0.4) is 0 Å². The fraction of sp³-hybridized carbons (Fsp3) is 0.250. The van der Waals surface area contributed by atoms with Crippen LogP contribution < -0.4 is 16.0 Å². The summed E-state index contributed by atoms with van der Waals surface area (Å²) >= 11 is 0. The van der Waals surface area contributed by atoms with Crippen LogP contribution in [-0.2, 0) is 4.79 Å². The van der Waals surface area contributed by atoms with E-state index in [1.165, 1.54) is 0 Å². The van der Waals surface area contributed by atoms with Gasteiger partial charge in [0.25, 0.3) is 5.91 Å². The van der Waals surface area contributed by atoms with E-state index in [4.69, 9.17) is 10.6 Å². The molecule has 0 unspecified atom stereocenters. The minimum absolute atomic E-state index is 0.252. The van der Waals surface area contributed by atoms with Crippen LogP contribution in [0.1, 0.15) is 18.9 Å². The molecule has 0 atom stereocenters. The molecule has 0 spiro atoms. The average molecular weight is 220 g/mol. The third kappa shape index (κ3) is 3.10. The monoisotopic (exact) mass is 220 g/mol. The molecule has 1 rings (SSSR count). The topological polar surface area (TPSA) is 64.3 Å². The Kier molecular flexibility index (Phi) is 4.54. The Balaban J connectivity index is 2.91. The van der Waals surface area contributed by atoms with Gasteiger partial charge in [-0.3, -0.25) is 10.2 Å². The smallest absolute Gasteiger partial charge is 0.261 e. The van der Waals surface area contributed by atoms with Gasteiger partial charge < -0.3 is 4.74 Å². The first-order chi connectivity index (χ1) is 7.71. The molecule has 1 amide bonds. The van der Waals surface area contributed by atoms with E-state index >= 15 is 0 Å². The molecule has 0 bridgehead atoms. The second-order valence-corrected chi connectivity index (χ2v) is 3.27. The molecule has 0 aliphatic rings. The predicted molar refractivity (Wildman–Crippen MR) is 63.6 cm³/mol. The molecule has 1 aromatic rings. The lowest BCUT2D eigenvalue weighted by molar-refractivity contribution is -0.117. The standard InChI is InChI=1S/C12H16N2O2/c1-3-10(12(15)14-13)8-9-4-6-11(16-2)7-5-9/h4-8H,3,13H2,1-2H3,(H,14,15). The SMILES string of the molecule is CCC(=Cc1ccc(OC)cc1)C(=O)NN. The molecule has 16 heavy (non-hydrogen) atoms. The number of hydrogen-bond donors (Lipinski definition) is 2. The van der Waals surface area contributed by atoms with Crippen molar-refractivity contribution in [2.45, 2.75) is 13.3 Å². The highest BCUT2D eigenvalue weighted by Crippen LogP contribution is 2.15. The lowest BCUT2D eigenvalue weighted by Crippen LogP contribution is -2.31. The molecule has 0 aromatic heterocycles. The van der Waals surface area contributed by atoms with Gasteiger partial charge in [-0.25, -0.2) is 5.84 Å². The van der Waals surface area contributed by atoms with Crippen LogP contribution in [0, 0.1) is 0 Å². The maximum atomic E-state index is 11.3. The largest absolute Gasteiger partial charge is 0.497 e. The van der Waals surface area contributed by atoms with Crippen LogP contribution in [0.4, 0.5) is 0 Å². The van der Waals surface area contributed by atoms with Crippen LogP contribution >= 0.6 is 0 Å². The van der Waals surface area contributed by atoms with Gasteiger partial charge in [0.1, 0.15) is 5.75 Å². The number of rotatable bonds is 4. The summed E-state index contributed by atoms with van der Waals surface area (Å²) in [6.45, 7) is 1.91. The summed E-state index contributed by atoms with van der Waals surface area (Å²) in [5.74, 6) is 5.63. The van der Waals surface area contributed by atoms with Gasteiger partial charge in [0.2, 0.25) is 0 Å². The Morgan fingerprint density at radius 2 is 2.06 bits per heavy atom. The van der Waals surface area contributed by atoms with E-state index in [-0.39, 0.29) is 5.91 Å². The maximum absolute atomic E-state index is 11.3. The molecular weight excluding hydrogens is 204 g/mol. The van der Waals surface area contributed by atoms with Crippen LogP contribution in [0.25, 0.3) is 6.08 Å². The molecule has 0 aliphatic heterocycles. The number of amides is 1. The van der Waals surface area contributed by atoms with E-state index < -0.39 is 0 Å². The number of hydrogen-bond acceptors (Lipinski definition) is 3. The van der Waals surface area contributed by atoms with Crippen molar-refractivity contribution in [1.29, 1.82) is 0 Å². The van der Waals surface area contributed by atoms with Gasteiger partial charge in [-0.1, -0.05) is 19.1 Å². The molecule has 0 radical (unpaired) electrons. The third-order valence-corrected chi connectivity index (χ3v) is 2.26. The van der Waals surface area contributed by atoms with Gasteiger partial charge >= 0.3 is 0 Å². The van der Waals surface area contributed by atoms with Gasteiger partial charge in [-0.05, 0) is 30.2 Å². The van der Waals surface area contributed by atoms with Crippen molar-refractivity contribution in [3.8, 4) is 5.75 Å². The van der Waals surface area contributed by atoms with Gasteiger partial charge in [-0.2, -0.15) is 0 Å². The molecule has 4 heteroatoms. The molecular formula is C12H16N2O2. The van der Waals surface area contributed by atoms with Crippen molar-refractivity contribution in [3.05, 3.63) is 35.4 Å². The number of nitrogens with two attached hydrogens (primary N) is 1. The summed E-state index contributed by atoms with van der Waals surface area (Å²) in [7, 11) is 1.62. The minimum atomic E-state index is -0.252. The molecule has 4 nitrogen and oxygen atoms in total. The minimum Gasteiger partial charge on any atom is -0.497 e. The maximum Gasteiger partial charge on any atom is 0.261 e. The summed E-state index contributed by atoms with van der Waals surface area (Å²) in [6, 6.07) is 7.47. The zero-order valence-electron chi connectivity index (χ0n) is 9.49. The fourth-order valence-electron chi connectivity index (χ4n) is 1.32. The number of benzene rings is 1. The number of nitrogens with one attached hydrogen (secondary N) is 1. The third-order valence-electron chi connectivity index (χ3n) is 2.26. The van der Waals surface area contributed by atoms with Crippen LogP contribution in [0.2, 0.25) is 0 Å². The van der Waals surface area contributed by atoms with Crippen molar-refractivity contribution in [2.24, 2.45) is 5.84 Å². The number of methoxy groups -OCH3 is 1. The average Bonchev–Trinajstić information content (AvgIpc) is 2.35. The highest BCUT2D eigenvalue weighted by Gasteiger charge is 2.04. The van der Waals surface area contributed by atoms with E-state index in [9.17, 15) is 4.79 Å². The quantitative estimate of drug-likeness (QED) is 0.349. The van der Waals surface area contributed by atoms with E-state index in [0.717, 1.165) is 11.3 Å². The second kappa shape index (κ2) is 5.92. The zero-order chi connectivity index (χ0) is 12.0. The zero-order valence-corrected chi connectivity index (χ0v) is 9.49. The first-order valence-corrected chi connectivity index (χ1v) is 5.06. The molecule has 0 saturated carbocycles. The molecule has 0 saturated heterocycles. The Bertz CT molecular complexity index is 383.